The van der Waals surface area contributed by atoms with Gasteiger partial charge in [-0.25, -0.2) is 0 Å². The zero-order chi connectivity index (χ0) is 19.0. The van der Waals surface area contributed by atoms with Crippen LogP contribution in [0.1, 0.15) is 55.3 Å². The quantitative estimate of drug-likeness (QED) is 0.666. The summed E-state index contributed by atoms with van der Waals surface area (Å²) in [5.74, 6) is 0.0168. The molecule has 1 saturated heterocycles. The van der Waals surface area contributed by atoms with Gasteiger partial charge in [-0.1, -0.05) is 19.3 Å². The number of thiophene rings is 1. The number of nitrogens with one attached hydrogen (secondary N) is 2. The van der Waals surface area contributed by atoms with E-state index in [9.17, 15) is 9.59 Å². The van der Waals surface area contributed by atoms with Crippen molar-refractivity contribution >= 4 is 23.2 Å². The van der Waals surface area contributed by atoms with Crippen LogP contribution in [0.2, 0.25) is 0 Å². The van der Waals surface area contributed by atoms with Crippen LogP contribution in [0, 0.1) is 0 Å². The minimum atomic E-state index is -0.0647. The van der Waals surface area contributed by atoms with Crippen LogP contribution in [0.25, 0.3) is 0 Å². The van der Waals surface area contributed by atoms with Crippen molar-refractivity contribution in [2.45, 2.75) is 50.5 Å². The fraction of sp³-hybridized carbons (Fsp3) is 0.700. The molecular weight excluding hydrogens is 362 g/mol. The van der Waals surface area contributed by atoms with E-state index in [0.717, 1.165) is 45.7 Å². The van der Waals surface area contributed by atoms with E-state index in [1.807, 2.05) is 16.8 Å². The normalized spacial score (nSPS) is 20.1. The van der Waals surface area contributed by atoms with E-state index in [4.69, 9.17) is 4.74 Å². The Morgan fingerprint density at radius 3 is 2.63 bits per heavy atom. The molecule has 0 radical (unpaired) electrons. The van der Waals surface area contributed by atoms with Crippen LogP contribution in [0.3, 0.4) is 0 Å². The van der Waals surface area contributed by atoms with Gasteiger partial charge in [-0.15, -0.1) is 0 Å². The molecule has 2 amide bonds. The fourth-order valence-electron chi connectivity index (χ4n) is 4.15. The Hall–Kier alpha value is -1.44. The molecule has 0 spiro atoms. The first-order valence-corrected chi connectivity index (χ1v) is 11.0. The first-order chi connectivity index (χ1) is 13.2. The number of carbonyl (C=O) groups excluding carboxylic acids is 2. The maximum Gasteiger partial charge on any atom is 0.252 e. The number of amides is 2. The zero-order valence-electron chi connectivity index (χ0n) is 16.0. The van der Waals surface area contributed by atoms with Gasteiger partial charge in [-0.2, -0.15) is 11.3 Å². The van der Waals surface area contributed by atoms with E-state index in [1.54, 1.807) is 0 Å². The van der Waals surface area contributed by atoms with Gasteiger partial charge in [-0.05, 0) is 30.7 Å². The number of hydrogen-bond donors (Lipinski definition) is 2. The summed E-state index contributed by atoms with van der Waals surface area (Å²) in [6, 6.07) is 1.81. The monoisotopic (exact) mass is 393 g/mol. The summed E-state index contributed by atoms with van der Waals surface area (Å²) >= 11 is 1.51. The summed E-state index contributed by atoms with van der Waals surface area (Å²) < 4.78 is 5.51. The molecule has 0 atom stereocenters. The maximum atomic E-state index is 12.3. The zero-order valence-corrected chi connectivity index (χ0v) is 16.8. The summed E-state index contributed by atoms with van der Waals surface area (Å²) in [6.07, 6.45) is 7.19. The first-order valence-electron chi connectivity index (χ1n) is 10.1. The summed E-state index contributed by atoms with van der Waals surface area (Å²) in [5.41, 5.74) is 0.791. The molecule has 0 aromatic carbocycles. The molecule has 1 aliphatic heterocycles. The van der Waals surface area contributed by atoms with Crippen molar-refractivity contribution in [3.63, 3.8) is 0 Å². The van der Waals surface area contributed by atoms with Gasteiger partial charge in [-0.3, -0.25) is 14.5 Å². The minimum Gasteiger partial charge on any atom is -0.379 e. The van der Waals surface area contributed by atoms with Crippen molar-refractivity contribution in [2.24, 2.45) is 0 Å². The van der Waals surface area contributed by atoms with E-state index >= 15 is 0 Å². The highest BCUT2D eigenvalue weighted by Gasteiger charge is 2.38. The lowest BCUT2D eigenvalue weighted by molar-refractivity contribution is -0.122. The highest BCUT2D eigenvalue weighted by Crippen LogP contribution is 2.33. The van der Waals surface area contributed by atoms with E-state index in [1.165, 1.54) is 30.6 Å². The van der Waals surface area contributed by atoms with E-state index in [-0.39, 0.29) is 17.4 Å². The van der Waals surface area contributed by atoms with Crippen LogP contribution in [0.4, 0.5) is 0 Å². The summed E-state index contributed by atoms with van der Waals surface area (Å²) in [4.78, 5) is 26.7. The Morgan fingerprint density at radius 1 is 1.15 bits per heavy atom. The van der Waals surface area contributed by atoms with Gasteiger partial charge in [0.25, 0.3) is 5.91 Å². The van der Waals surface area contributed by atoms with Crippen LogP contribution in [-0.2, 0) is 9.53 Å². The second kappa shape index (κ2) is 10.2. The number of ether oxygens (including phenoxy) is 1. The number of morpholine rings is 1. The third-order valence-electron chi connectivity index (χ3n) is 5.73. The van der Waals surface area contributed by atoms with Crippen molar-refractivity contribution in [3.8, 4) is 0 Å². The van der Waals surface area contributed by atoms with Crippen molar-refractivity contribution in [3.05, 3.63) is 22.4 Å². The molecule has 6 nitrogen and oxygen atoms in total. The molecule has 150 valence electrons. The molecule has 1 aliphatic carbocycles. The third kappa shape index (κ3) is 5.77. The summed E-state index contributed by atoms with van der Waals surface area (Å²) in [6.45, 7) is 4.76. The Balaban J connectivity index is 1.39. The molecule has 1 aromatic rings. The topological polar surface area (TPSA) is 70.7 Å². The molecule has 2 heterocycles. The Labute approximate surface area is 165 Å². The largest absolute Gasteiger partial charge is 0.379 e. The van der Waals surface area contributed by atoms with Gasteiger partial charge in [0.05, 0.1) is 13.2 Å². The molecule has 0 bridgehead atoms. The van der Waals surface area contributed by atoms with Crippen molar-refractivity contribution in [1.82, 2.24) is 15.5 Å². The van der Waals surface area contributed by atoms with Crippen LogP contribution in [0.5, 0.6) is 0 Å². The maximum absolute atomic E-state index is 12.3. The molecule has 1 saturated carbocycles. The number of nitrogens with zero attached hydrogens (tertiary/aromatic N) is 1. The average Bonchev–Trinajstić information content (AvgIpc) is 3.26. The fourth-order valence-corrected chi connectivity index (χ4v) is 4.79. The lowest BCUT2D eigenvalue weighted by atomic mass is 9.79. The number of carbonyl (C=O) groups is 2. The molecule has 2 fully saturated rings. The predicted molar refractivity (Wildman–Crippen MR) is 107 cm³/mol. The average molecular weight is 394 g/mol. The molecule has 3 rings (SSSR count). The van der Waals surface area contributed by atoms with Crippen LogP contribution in [-0.4, -0.2) is 61.6 Å². The van der Waals surface area contributed by atoms with Gasteiger partial charge in [0.15, 0.2) is 0 Å². The first kappa shape index (κ1) is 20.3. The second-order valence-electron chi connectivity index (χ2n) is 7.53. The van der Waals surface area contributed by atoms with Gasteiger partial charge >= 0.3 is 0 Å². The number of rotatable bonds is 8. The number of hydrogen-bond acceptors (Lipinski definition) is 5. The highest BCUT2D eigenvalue weighted by molar-refractivity contribution is 7.08. The van der Waals surface area contributed by atoms with Crippen molar-refractivity contribution in [1.29, 1.82) is 0 Å². The second-order valence-corrected chi connectivity index (χ2v) is 8.31. The predicted octanol–water partition coefficient (Wildman–Crippen LogP) is 2.41. The SMILES string of the molecule is O=C(CCCNC(=O)c1ccsc1)NCC1(N2CCOCC2)CCCCC1. The molecule has 2 N–H and O–H groups in total. The van der Waals surface area contributed by atoms with Gasteiger partial charge < -0.3 is 15.4 Å². The highest BCUT2D eigenvalue weighted by atomic mass is 32.1. The summed E-state index contributed by atoms with van der Waals surface area (Å²) in [7, 11) is 0. The Bertz CT molecular complexity index is 594. The summed E-state index contributed by atoms with van der Waals surface area (Å²) in [5, 5.41) is 9.76. The van der Waals surface area contributed by atoms with Crippen LogP contribution in [0.15, 0.2) is 16.8 Å². The minimum absolute atomic E-state index is 0.0647. The molecule has 27 heavy (non-hydrogen) atoms. The smallest absolute Gasteiger partial charge is 0.252 e. The molecule has 0 unspecified atom stereocenters. The third-order valence-corrected chi connectivity index (χ3v) is 6.41. The molecular formula is C20H31N3O3S. The van der Waals surface area contributed by atoms with E-state index < -0.39 is 0 Å². The molecule has 7 heteroatoms. The lowest BCUT2D eigenvalue weighted by Gasteiger charge is -2.48. The van der Waals surface area contributed by atoms with Crippen LogP contribution >= 0.6 is 11.3 Å². The van der Waals surface area contributed by atoms with Gasteiger partial charge in [0, 0.05) is 49.1 Å². The van der Waals surface area contributed by atoms with Crippen molar-refractivity contribution < 1.29 is 14.3 Å². The van der Waals surface area contributed by atoms with E-state index in [0.29, 0.717) is 24.9 Å². The van der Waals surface area contributed by atoms with Gasteiger partial charge in [0.1, 0.15) is 0 Å². The van der Waals surface area contributed by atoms with Gasteiger partial charge in [0.2, 0.25) is 5.91 Å². The van der Waals surface area contributed by atoms with Crippen LogP contribution < -0.4 is 10.6 Å². The molecule has 2 aliphatic rings. The Kier molecular flexibility index (Phi) is 7.67. The standard InChI is InChI=1S/C20H31N3O3S/c24-18(5-4-9-21-19(25)17-6-14-27-15-17)22-16-20(7-2-1-3-8-20)23-10-12-26-13-11-23/h6,14-15H,1-5,7-13,16H2,(H,21,25)(H,22,24). The molecule has 1 aromatic heterocycles. The Morgan fingerprint density at radius 2 is 1.93 bits per heavy atom. The lowest BCUT2D eigenvalue weighted by Crippen LogP contribution is -2.59. The van der Waals surface area contributed by atoms with E-state index in [2.05, 4.69) is 15.5 Å². The van der Waals surface area contributed by atoms with Crippen molar-refractivity contribution in [2.75, 3.05) is 39.4 Å².